The number of alkyl halides is 3. The monoisotopic (exact) mass is 818 g/mol. The van der Waals surface area contributed by atoms with Crippen molar-refractivity contribution in [1.82, 2.24) is 34.3 Å². The van der Waals surface area contributed by atoms with Crippen molar-refractivity contribution in [2.75, 3.05) is 36.4 Å². The van der Waals surface area contributed by atoms with Gasteiger partial charge in [-0.2, -0.15) is 27.8 Å². The molecule has 14 nitrogen and oxygen atoms in total. The summed E-state index contributed by atoms with van der Waals surface area (Å²) in [6, 6.07) is 13.5. The number of sulfonamides is 1. The Morgan fingerprint density at radius 1 is 1.00 bits per heavy atom. The molecule has 4 aliphatic heterocycles. The minimum absolute atomic E-state index is 0.0577. The third kappa shape index (κ3) is 7.86. The minimum atomic E-state index is -4.53. The van der Waals surface area contributed by atoms with E-state index in [1.54, 1.807) is 16.8 Å². The van der Waals surface area contributed by atoms with Crippen molar-refractivity contribution >= 4 is 44.6 Å². The molecule has 2 aromatic heterocycles. The van der Waals surface area contributed by atoms with E-state index in [1.165, 1.54) is 20.8 Å². The summed E-state index contributed by atoms with van der Waals surface area (Å²) in [5.74, 6) is 0.847. The average molecular weight is 819 g/mol. The van der Waals surface area contributed by atoms with Gasteiger partial charge in [0.05, 0.1) is 27.6 Å². The van der Waals surface area contributed by atoms with Crippen LogP contribution >= 0.6 is 0 Å². The normalized spacial score (nSPS) is 22.9. The van der Waals surface area contributed by atoms with E-state index in [2.05, 4.69) is 55.7 Å². The topological polar surface area (TPSA) is 169 Å². The van der Waals surface area contributed by atoms with Gasteiger partial charge >= 0.3 is 12.2 Å². The zero-order valence-electron chi connectivity index (χ0n) is 32.2. The second-order valence-electron chi connectivity index (χ2n) is 16.1. The van der Waals surface area contributed by atoms with E-state index in [9.17, 15) is 36.4 Å². The number of anilines is 2. The molecule has 6 heterocycles. The summed E-state index contributed by atoms with van der Waals surface area (Å²) in [5, 5.41) is 20.9. The average Bonchev–Trinajstić information content (AvgIpc) is 3.62. The van der Waals surface area contributed by atoms with Gasteiger partial charge in [0, 0.05) is 75.6 Å². The first kappa shape index (κ1) is 39.7. The number of amides is 3. The summed E-state index contributed by atoms with van der Waals surface area (Å²) in [5.41, 5.74) is 2.40. The fourth-order valence-electron chi connectivity index (χ4n) is 9.25. The lowest BCUT2D eigenvalue weighted by atomic mass is 9.84. The van der Waals surface area contributed by atoms with Crippen LogP contribution in [0.5, 0.6) is 0 Å². The van der Waals surface area contributed by atoms with E-state index in [4.69, 9.17) is 0 Å². The largest absolute Gasteiger partial charge is 0.419 e. The highest BCUT2D eigenvalue weighted by Gasteiger charge is 2.42. The molecule has 0 saturated carbocycles. The number of rotatable bonds is 10. The van der Waals surface area contributed by atoms with Gasteiger partial charge in [-0.05, 0) is 98.2 Å². The van der Waals surface area contributed by atoms with Crippen LogP contribution < -0.4 is 15.5 Å². The van der Waals surface area contributed by atoms with Crippen molar-refractivity contribution in [3.8, 4) is 6.07 Å². The molecule has 2 N–H and O–H groups in total. The molecule has 18 heteroatoms. The van der Waals surface area contributed by atoms with Crippen LogP contribution in [0, 0.1) is 17.2 Å². The van der Waals surface area contributed by atoms with Crippen LogP contribution in [0.4, 0.5) is 29.7 Å². The third-order valence-corrected chi connectivity index (χ3v) is 14.1. The summed E-state index contributed by atoms with van der Waals surface area (Å²) in [7, 11) is -2.00. The Morgan fingerprint density at radius 2 is 1.71 bits per heavy atom. The maximum atomic E-state index is 13.8. The van der Waals surface area contributed by atoms with E-state index in [0.29, 0.717) is 54.2 Å². The zero-order chi connectivity index (χ0) is 40.9. The molecule has 0 aliphatic carbocycles. The highest BCUT2D eigenvalue weighted by molar-refractivity contribution is 7.89. The molecule has 2 aromatic carbocycles. The number of carbonyl (C=O) groups is 2. The van der Waals surface area contributed by atoms with Crippen molar-refractivity contribution in [3.63, 3.8) is 0 Å². The Labute approximate surface area is 334 Å². The first-order valence-corrected chi connectivity index (χ1v) is 21.1. The molecule has 3 amide bonds. The van der Waals surface area contributed by atoms with Gasteiger partial charge in [-0.25, -0.2) is 23.2 Å². The standard InChI is InChI=1S/C40H45F3N10O4S/c1-24(15-27-18-33(7-3-26(27)20-44)58(56,57)51-12-9-30(10-13-51)47-38-45-21-29(22-46-38)40(41,42)43)23-53-31-5-6-32(53)17-28(16-31)25-4-8-34-35(19-25)50(2)49-37(34)52-14-11-36(54)48-39(52)55/h3-4,7-8,18-19,21-22,24,28,30-32H,5-6,9-17,23H2,1-2H3,(H,45,46,47)(H,48,54,55). The molecule has 306 valence electrons. The summed E-state index contributed by atoms with van der Waals surface area (Å²) in [6.45, 7) is 3.69. The molecular weight excluding hydrogens is 774 g/mol. The first-order chi connectivity index (χ1) is 27.7. The number of urea groups is 1. The molecule has 3 atom stereocenters. The van der Waals surface area contributed by atoms with Crippen LogP contribution in [0.3, 0.4) is 0 Å². The molecular formula is C40H45F3N10O4S. The lowest BCUT2D eigenvalue weighted by Gasteiger charge is -2.40. The number of piperidine rings is 2. The number of hydrogen-bond donors (Lipinski definition) is 2. The number of halogens is 3. The number of nitriles is 1. The predicted octanol–water partition coefficient (Wildman–Crippen LogP) is 5.55. The van der Waals surface area contributed by atoms with E-state index < -0.39 is 27.8 Å². The van der Waals surface area contributed by atoms with Gasteiger partial charge in [-0.1, -0.05) is 13.0 Å². The number of hydrogen-bond acceptors (Lipinski definition) is 10. The SMILES string of the molecule is CC(Cc1cc(S(=O)(=O)N2CCC(Nc3ncc(C(F)(F)F)cn3)CC2)ccc1C#N)CN1C2CCC1CC(c1ccc3c(N4CCC(=O)NC4=O)nn(C)c3c1)C2. The Hall–Kier alpha value is -5.12. The predicted molar refractivity (Wildman–Crippen MR) is 208 cm³/mol. The molecule has 2 bridgehead atoms. The van der Waals surface area contributed by atoms with E-state index >= 15 is 0 Å². The maximum absolute atomic E-state index is 13.8. The van der Waals surface area contributed by atoms with Gasteiger partial charge in [0.15, 0.2) is 5.82 Å². The van der Waals surface area contributed by atoms with Crippen molar-refractivity contribution in [2.24, 2.45) is 13.0 Å². The molecule has 8 rings (SSSR count). The van der Waals surface area contributed by atoms with Crippen molar-refractivity contribution in [1.29, 1.82) is 5.26 Å². The van der Waals surface area contributed by atoms with Crippen LogP contribution in [0.15, 0.2) is 53.7 Å². The van der Waals surface area contributed by atoms with Crippen LogP contribution in [0.1, 0.15) is 80.0 Å². The quantitative estimate of drug-likeness (QED) is 0.207. The molecule has 58 heavy (non-hydrogen) atoms. The summed E-state index contributed by atoms with van der Waals surface area (Å²) in [6.07, 6.45) is 2.76. The van der Waals surface area contributed by atoms with Crippen LogP contribution in [-0.2, 0) is 34.5 Å². The molecule has 4 aromatic rings. The number of benzene rings is 2. The molecule has 0 spiro atoms. The summed E-state index contributed by atoms with van der Waals surface area (Å²) < 4.78 is 69.5. The zero-order valence-corrected chi connectivity index (χ0v) is 33.1. The smallest absolute Gasteiger partial charge is 0.351 e. The van der Waals surface area contributed by atoms with Gasteiger partial charge in [-0.15, -0.1) is 0 Å². The van der Waals surface area contributed by atoms with E-state index in [0.717, 1.165) is 55.5 Å². The molecule has 0 radical (unpaired) electrons. The van der Waals surface area contributed by atoms with Gasteiger partial charge in [-0.3, -0.25) is 24.6 Å². The number of nitrogens with one attached hydrogen (secondary N) is 2. The lowest BCUT2D eigenvalue weighted by molar-refractivity contribution is -0.138. The Morgan fingerprint density at radius 3 is 2.36 bits per heavy atom. The Kier molecular flexibility index (Phi) is 10.7. The van der Waals surface area contributed by atoms with Crippen molar-refractivity contribution in [2.45, 2.75) is 93.4 Å². The number of aryl methyl sites for hydroxylation is 1. The number of aromatic nitrogens is 4. The number of nitrogens with zero attached hydrogens (tertiary/aromatic N) is 8. The number of fused-ring (bicyclic) bond motifs is 3. The maximum Gasteiger partial charge on any atom is 0.419 e. The summed E-state index contributed by atoms with van der Waals surface area (Å²) in [4.78, 5) is 36.1. The van der Waals surface area contributed by atoms with Crippen molar-refractivity contribution < 1.29 is 31.2 Å². The van der Waals surface area contributed by atoms with Crippen LogP contribution in [0.2, 0.25) is 0 Å². The van der Waals surface area contributed by atoms with Gasteiger partial charge in [0.25, 0.3) is 0 Å². The van der Waals surface area contributed by atoms with Crippen molar-refractivity contribution in [3.05, 3.63) is 71.0 Å². The second kappa shape index (κ2) is 15.6. The van der Waals surface area contributed by atoms with Gasteiger partial charge < -0.3 is 5.32 Å². The highest BCUT2D eigenvalue weighted by atomic mass is 32.2. The Balaban J connectivity index is 0.886. The lowest BCUT2D eigenvalue weighted by Crippen LogP contribution is -2.49. The van der Waals surface area contributed by atoms with Gasteiger partial charge in [0.2, 0.25) is 21.9 Å². The fraction of sp³-hybridized carbons (Fsp3) is 0.500. The number of carbonyl (C=O) groups excluding carboxylic acids is 2. The van der Waals surface area contributed by atoms with Gasteiger partial charge in [0.1, 0.15) is 0 Å². The highest BCUT2D eigenvalue weighted by Crippen LogP contribution is 2.44. The third-order valence-electron chi connectivity index (χ3n) is 12.2. The minimum Gasteiger partial charge on any atom is -0.351 e. The van der Waals surface area contributed by atoms with Crippen LogP contribution in [-0.4, -0.2) is 93.6 Å². The molecule has 3 unspecified atom stereocenters. The fourth-order valence-corrected chi connectivity index (χ4v) is 10.8. The molecule has 4 saturated heterocycles. The second-order valence-corrected chi connectivity index (χ2v) is 18.0. The van der Waals surface area contributed by atoms with E-state index in [1.807, 2.05) is 13.1 Å². The van der Waals surface area contributed by atoms with E-state index in [-0.39, 0.29) is 54.8 Å². The Bertz CT molecular complexity index is 2360. The number of imide groups is 1. The van der Waals surface area contributed by atoms with Crippen LogP contribution in [0.25, 0.3) is 10.9 Å². The first-order valence-electron chi connectivity index (χ1n) is 19.7. The molecule has 4 fully saturated rings. The summed E-state index contributed by atoms with van der Waals surface area (Å²) >= 11 is 0. The molecule has 4 aliphatic rings.